The lowest BCUT2D eigenvalue weighted by Crippen LogP contribution is -2.07. The standard InChI is InChI=1S/C15H10BrF3O2/c1-21-11-6-7-13(16)12(8-11)14(20)9-2-4-10(5-3-9)15(17,18)19/h2-8H,1H3. The number of rotatable bonds is 3. The van der Waals surface area contributed by atoms with Crippen LogP contribution in [0.1, 0.15) is 21.5 Å². The molecule has 0 saturated carbocycles. The predicted octanol–water partition coefficient (Wildman–Crippen LogP) is 4.71. The zero-order chi connectivity index (χ0) is 15.6. The molecule has 0 aliphatic heterocycles. The molecule has 0 atom stereocenters. The average Bonchev–Trinajstić information content (AvgIpc) is 2.46. The average molecular weight is 359 g/mol. The van der Waals surface area contributed by atoms with Crippen molar-refractivity contribution in [2.75, 3.05) is 7.11 Å². The van der Waals surface area contributed by atoms with Crippen LogP contribution in [-0.2, 0) is 6.18 Å². The molecule has 2 rings (SSSR count). The molecule has 0 fully saturated rings. The zero-order valence-electron chi connectivity index (χ0n) is 10.9. The highest BCUT2D eigenvalue weighted by Crippen LogP contribution is 2.30. The zero-order valence-corrected chi connectivity index (χ0v) is 12.5. The van der Waals surface area contributed by atoms with Crippen LogP contribution in [-0.4, -0.2) is 12.9 Å². The highest BCUT2D eigenvalue weighted by atomic mass is 79.9. The minimum atomic E-state index is -4.42. The van der Waals surface area contributed by atoms with Crippen molar-refractivity contribution in [3.8, 4) is 5.75 Å². The van der Waals surface area contributed by atoms with Crippen LogP contribution in [0.25, 0.3) is 0 Å². The number of hydrogen-bond donors (Lipinski definition) is 0. The summed E-state index contributed by atoms with van der Waals surface area (Å²) in [4.78, 5) is 12.3. The first-order chi connectivity index (χ1) is 9.82. The minimum Gasteiger partial charge on any atom is -0.497 e. The Bertz CT molecular complexity index is 664. The van der Waals surface area contributed by atoms with Crippen molar-refractivity contribution in [3.05, 3.63) is 63.6 Å². The van der Waals surface area contributed by atoms with E-state index in [0.29, 0.717) is 15.8 Å². The molecule has 0 amide bonds. The summed E-state index contributed by atoms with van der Waals surface area (Å²) in [6.45, 7) is 0. The Balaban J connectivity index is 2.36. The van der Waals surface area contributed by atoms with Crippen LogP contribution in [0.2, 0.25) is 0 Å². The summed E-state index contributed by atoms with van der Waals surface area (Å²) >= 11 is 3.25. The van der Waals surface area contributed by atoms with E-state index in [1.807, 2.05) is 0 Å². The van der Waals surface area contributed by atoms with E-state index in [0.717, 1.165) is 24.3 Å². The molecule has 2 aromatic rings. The molecule has 21 heavy (non-hydrogen) atoms. The van der Waals surface area contributed by atoms with Gasteiger partial charge < -0.3 is 4.74 Å². The predicted molar refractivity (Wildman–Crippen MR) is 75.6 cm³/mol. The van der Waals surface area contributed by atoms with Gasteiger partial charge in [0.2, 0.25) is 0 Å². The van der Waals surface area contributed by atoms with E-state index in [-0.39, 0.29) is 11.3 Å². The number of hydrogen-bond acceptors (Lipinski definition) is 2. The molecule has 0 aliphatic carbocycles. The van der Waals surface area contributed by atoms with Crippen molar-refractivity contribution >= 4 is 21.7 Å². The van der Waals surface area contributed by atoms with Crippen molar-refractivity contribution in [2.24, 2.45) is 0 Å². The van der Waals surface area contributed by atoms with E-state index >= 15 is 0 Å². The molecule has 0 aromatic heterocycles. The van der Waals surface area contributed by atoms with E-state index in [2.05, 4.69) is 15.9 Å². The quantitative estimate of drug-likeness (QED) is 0.743. The van der Waals surface area contributed by atoms with Crippen LogP contribution in [0.5, 0.6) is 5.75 Å². The Labute approximate surface area is 127 Å². The number of methoxy groups -OCH3 is 1. The first-order valence-corrected chi connectivity index (χ1v) is 6.67. The number of halogens is 4. The number of benzene rings is 2. The summed E-state index contributed by atoms with van der Waals surface area (Å²) < 4.78 is 43.1. The smallest absolute Gasteiger partial charge is 0.416 e. The van der Waals surface area contributed by atoms with Crippen molar-refractivity contribution in [1.29, 1.82) is 0 Å². The lowest BCUT2D eigenvalue weighted by atomic mass is 10.0. The number of alkyl halides is 3. The number of ketones is 1. The molecule has 0 bridgehead atoms. The van der Waals surface area contributed by atoms with Crippen molar-refractivity contribution < 1.29 is 22.7 Å². The third-order valence-corrected chi connectivity index (χ3v) is 3.58. The van der Waals surface area contributed by atoms with Gasteiger partial charge in [-0.2, -0.15) is 13.2 Å². The van der Waals surface area contributed by atoms with Gasteiger partial charge in [0.05, 0.1) is 12.7 Å². The van der Waals surface area contributed by atoms with Gasteiger partial charge in [0.25, 0.3) is 0 Å². The van der Waals surface area contributed by atoms with E-state index in [1.54, 1.807) is 12.1 Å². The summed E-state index contributed by atoms with van der Waals surface area (Å²) in [7, 11) is 1.47. The maximum Gasteiger partial charge on any atom is 0.416 e. The Morgan fingerprint density at radius 3 is 2.24 bits per heavy atom. The summed E-state index contributed by atoms with van der Waals surface area (Å²) in [5.74, 6) is 0.114. The van der Waals surface area contributed by atoms with Crippen LogP contribution in [0.3, 0.4) is 0 Å². The first-order valence-electron chi connectivity index (χ1n) is 5.88. The van der Waals surface area contributed by atoms with Gasteiger partial charge >= 0.3 is 6.18 Å². The molecule has 0 N–H and O–H groups in total. The molecule has 0 saturated heterocycles. The second kappa shape index (κ2) is 5.89. The SMILES string of the molecule is COc1ccc(Br)c(C(=O)c2ccc(C(F)(F)F)cc2)c1. The molecule has 2 nitrogen and oxygen atoms in total. The summed E-state index contributed by atoms with van der Waals surface area (Å²) in [6.07, 6.45) is -4.42. The molecule has 2 aromatic carbocycles. The third kappa shape index (κ3) is 3.44. The Morgan fingerprint density at radius 2 is 1.71 bits per heavy atom. The Morgan fingerprint density at radius 1 is 1.10 bits per heavy atom. The highest BCUT2D eigenvalue weighted by Gasteiger charge is 2.30. The summed E-state index contributed by atoms with van der Waals surface area (Å²) in [5, 5.41) is 0. The monoisotopic (exact) mass is 358 g/mol. The lowest BCUT2D eigenvalue weighted by Gasteiger charge is -2.09. The van der Waals surface area contributed by atoms with Crippen LogP contribution in [0.15, 0.2) is 46.9 Å². The number of ether oxygens (including phenoxy) is 1. The number of carbonyl (C=O) groups excluding carboxylic acids is 1. The van der Waals surface area contributed by atoms with Crippen molar-refractivity contribution in [2.45, 2.75) is 6.18 Å². The van der Waals surface area contributed by atoms with Crippen LogP contribution >= 0.6 is 15.9 Å². The van der Waals surface area contributed by atoms with Crippen molar-refractivity contribution in [1.82, 2.24) is 0 Å². The fraction of sp³-hybridized carbons (Fsp3) is 0.133. The topological polar surface area (TPSA) is 26.3 Å². The first kappa shape index (κ1) is 15.6. The normalized spacial score (nSPS) is 11.3. The van der Waals surface area contributed by atoms with Crippen LogP contribution in [0, 0.1) is 0 Å². The Kier molecular flexibility index (Phi) is 4.37. The second-order valence-electron chi connectivity index (χ2n) is 4.25. The highest BCUT2D eigenvalue weighted by molar-refractivity contribution is 9.10. The molecular formula is C15H10BrF3O2. The van der Waals surface area contributed by atoms with E-state index in [4.69, 9.17) is 4.74 Å². The lowest BCUT2D eigenvalue weighted by molar-refractivity contribution is -0.137. The Hall–Kier alpha value is -1.82. The molecule has 6 heteroatoms. The van der Waals surface area contributed by atoms with Gasteiger partial charge in [0.1, 0.15) is 5.75 Å². The second-order valence-corrected chi connectivity index (χ2v) is 5.10. The molecular weight excluding hydrogens is 349 g/mol. The molecule has 110 valence electrons. The third-order valence-electron chi connectivity index (χ3n) is 2.89. The van der Waals surface area contributed by atoms with E-state index in [1.165, 1.54) is 13.2 Å². The molecule has 0 aliphatic rings. The molecule has 0 unspecified atom stereocenters. The molecule has 0 radical (unpaired) electrons. The minimum absolute atomic E-state index is 0.178. The summed E-state index contributed by atoms with van der Waals surface area (Å²) in [5.41, 5.74) is -0.283. The fourth-order valence-corrected chi connectivity index (χ4v) is 2.20. The maximum absolute atomic E-state index is 12.5. The molecule has 0 heterocycles. The van der Waals surface area contributed by atoms with Gasteiger partial charge in [-0.15, -0.1) is 0 Å². The van der Waals surface area contributed by atoms with Gasteiger partial charge in [-0.3, -0.25) is 4.79 Å². The summed E-state index contributed by atoms with van der Waals surface area (Å²) in [6, 6.07) is 8.96. The van der Waals surface area contributed by atoms with E-state index < -0.39 is 11.7 Å². The van der Waals surface area contributed by atoms with Crippen LogP contribution < -0.4 is 4.74 Å². The van der Waals surface area contributed by atoms with Gasteiger partial charge in [-0.1, -0.05) is 28.1 Å². The number of carbonyl (C=O) groups is 1. The van der Waals surface area contributed by atoms with Crippen LogP contribution in [0.4, 0.5) is 13.2 Å². The van der Waals surface area contributed by atoms with Gasteiger partial charge in [-0.05, 0) is 30.3 Å². The van der Waals surface area contributed by atoms with Gasteiger partial charge in [-0.25, -0.2) is 0 Å². The van der Waals surface area contributed by atoms with E-state index in [9.17, 15) is 18.0 Å². The maximum atomic E-state index is 12.5. The fourth-order valence-electron chi connectivity index (χ4n) is 1.77. The van der Waals surface area contributed by atoms with Crippen molar-refractivity contribution in [3.63, 3.8) is 0 Å². The van der Waals surface area contributed by atoms with Gasteiger partial charge in [0.15, 0.2) is 5.78 Å². The molecule has 0 spiro atoms. The largest absolute Gasteiger partial charge is 0.497 e. The van der Waals surface area contributed by atoms with Gasteiger partial charge in [0, 0.05) is 15.6 Å².